The van der Waals surface area contributed by atoms with Gasteiger partial charge in [-0.2, -0.15) is 0 Å². The van der Waals surface area contributed by atoms with Crippen molar-refractivity contribution in [2.75, 3.05) is 13.2 Å². The predicted molar refractivity (Wildman–Crippen MR) is 120 cm³/mol. The third-order valence-electron chi connectivity index (χ3n) is 6.52. The van der Waals surface area contributed by atoms with Crippen molar-refractivity contribution in [1.29, 1.82) is 0 Å². The van der Waals surface area contributed by atoms with Crippen LogP contribution in [0.4, 0.5) is 4.79 Å². The van der Waals surface area contributed by atoms with Gasteiger partial charge in [-0.05, 0) is 65.2 Å². The van der Waals surface area contributed by atoms with Gasteiger partial charge >= 0.3 is 13.2 Å². The second-order valence-corrected chi connectivity index (χ2v) is 10.2. The minimum atomic E-state index is -1.03. The van der Waals surface area contributed by atoms with E-state index in [-0.39, 0.29) is 17.7 Å². The first-order valence-corrected chi connectivity index (χ1v) is 12.1. The number of carbonyl (C=O) groups excluding carboxylic acids is 3. The molecule has 3 atom stereocenters. The standard InChI is InChI=1S/C22H38BN3O6/c1-22(2,3)32-21(29)25-18(15-9-5-4-6-10-15)20(28)26-13-7-11-16(26)19(27)24-17-12-8-14-31-23(17)30/h15-18,30H,4-14H2,1-3H3,(H,24,27)(H,25,29)/t16-,17?,18-/m0/s1. The molecule has 1 unspecified atom stereocenters. The van der Waals surface area contributed by atoms with Crippen LogP contribution in [0.2, 0.25) is 0 Å². The Bertz CT molecular complexity index is 679. The van der Waals surface area contributed by atoms with Crippen molar-refractivity contribution in [2.24, 2.45) is 5.92 Å². The molecule has 0 aromatic rings. The molecule has 32 heavy (non-hydrogen) atoms. The van der Waals surface area contributed by atoms with E-state index in [1.807, 2.05) is 0 Å². The summed E-state index contributed by atoms with van der Waals surface area (Å²) in [5, 5.41) is 15.7. The highest BCUT2D eigenvalue weighted by atomic mass is 16.6. The van der Waals surface area contributed by atoms with Crippen molar-refractivity contribution in [2.45, 2.75) is 102 Å². The van der Waals surface area contributed by atoms with Gasteiger partial charge in [-0.15, -0.1) is 0 Å². The molecule has 3 N–H and O–H groups in total. The summed E-state index contributed by atoms with van der Waals surface area (Å²) in [6, 6.07) is -1.31. The van der Waals surface area contributed by atoms with Crippen LogP contribution in [0.3, 0.4) is 0 Å². The lowest BCUT2D eigenvalue weighted by Gasteiger charge is -2.35. The Kier molecular flexibility index (Phi) is 8.44. The molecule has 0 radical (unpaired) electrons. The van der Waals surface area contributed by atoms with Gasteiger partial charge in [-0.25, -0.2) is 4.79 Å². The van der Waals surface area contributed by atoms with Crippen LogP contribution in [0.25, 0.3) is 0 Å². The van der Waals surface area contributed by atoms with Crippen LogP contribution in [0.1, 0.15) is 78.6 Å². The number of hydrogen-bond donors (Lipinski definition) is 3. The first-order chi connectivity index (χ1) is 15.2. The average Bonchev–Trinajstić information content (AvgIpc) is 3.23. The van der Waals surface area contributed by atoms with Gasteiger partial charge in [-0.3, -0.25) is 9.59 Å². The Morgan fingerprint density at radius 2 is 1.78 bits per heavy atom. The topological polar surface area (TPSA) is 117 Å². The van der Waals surface area contributed by atoms with Crippen LogP contribution in [-0.2, 0) is 19.0 Å². The second kappa shape index (κ2) is 10.9. The molecule has 3 rings (SSSR count). The maximum atomic E-state index is 13.6. The van der Waals surface area contributed by atoms with E-state index < -0.39 is 36.8 Å². The zero-order valence-corrected chi connectivity index (χ0v) is 19.6. The maximum absolute atomic E-state index is 13.6. The number of rotatable bonds is 5. The summed E-state index contributed by atoms with van der Waals surface area (Å²) in [4.78, 5) is 40.7. The van der Waals surface area contributed by atoms with Crippen molar-refractivity contribution < 1.29 is 28.8 Å². The van der Waals surface area contributed by atoms with E-state index in [0.29, 0.717) is 26.0 Å². The largest absolute Gasteiger partial charge is 0.478 e. The van der Waals surface area contributed by atoms with Gasteiger partial charge in [-0.1, -0.05) is 19.3 Å². The highest BCUT2D eigenvalue weighted by Crippen LogP contribution is 2.29. The zero-order chi connectivity index (χ0) is 23.3. The van der Waals surface area contributed by atoms with Crippen LogP contribution in [0, 0.1) is 5.92 Å². The summed E-state index contributed by atoms with van der Waals surface area (Å²) in [6.45, 7) is 6.30. The van der Waals surface area contributed by atoms with Crippen molar-refractivity contribution in [3.63, 3.8) is 0 Å². The smallest absolute Gasteiger partial charge is 0.444 e. The van der Waals surface area contributed by atoms with Crippen LogP contribution in [0.5, 0.6) is 0 Å². The number of hydrogen-bond acceptors (Lipinski definition) is 6. The second-order valence-electron chi connectivity index (χ2n) is 10.2. The Hall–Kier alpha value is -1.81. The highest BCUT2D eigenvalue weighted by Gasteiger charge is 2.42. The van der Waals surface area contributed by atoms with E-state index in [1.54, 1.807) is 25.7 Å². The lowest BCUT2D eigenvalue weighted by atomic mass is 9.74. The number of nitrogens with one attached hydrogen (secondary N) is 2. The molecule has 0 spiro atoms. The average molecular weight is 451 g/mol. The van der Waals surface area contributed by atoms with Crippen LogP contribution in [-0.4, -0.2) is 71.7 Å². The fraction of sp³-hybridized carbons (Fsp3) is 0.864. The van der Waals surface area contributed by atoms with E-state index in [9.17, 15) is 19.4 Å². The summed E-state index contributed by atoms with van der Waals surface area (Å²) < 4.78 is 10.6. The number of carbonyl (C=O) groups is 3. The first-order valence-electron chi connectivity index (χ1n) is 12.1. The molecule has 10 heteroatoms. The fourth-order valence-electron chi connectivity index (χ4n) is 4.95. The lowest BCUT2D eigenvalue weighted by molar-refractivity contribution is -0.141. The van der Waals surface area contributed by atoms with Crippen LogP contribution in [0.15, 0.2) is 0 Å². The Balaban J connectivity index is 1.70. The molecular formula is C22H38BN3O6. The summed E-state index contributed by atoms with van der Waals surface area (Å²) in [6.07, 6.45) is 6.97. The number of nitrogens with zero attached hydrogens (tertiary/aromatic N) is 1. The van der Waals surface area contributed by atoms with Gasteiger partial charge in [0.15, 0.2) is 0 Å². The van der Waals surface area contributed by atoms with Crippen LogP contribution < -0.4 is 10.6 Å². The van der Waals surface area contributed by atoms with Gasteiger partial charge in [0.05, 0.1) is 5.94 Å². The number of ether oxygens (including phenoxy) is 1. The number of alkyl carbamates (subject to hydrolysis) is 1. The predicted octanol–water partition coefficient (Wildman–Crippen LogP) is 1.77. The molecule has 180 valence electrons. The van der Waals surface area contributed by atoms with Crippen LogP contribution >= 0.6 is 0 Å². The monoisotopic (exact) mass is 451 g/mol. The van der Waals surface area contributed by atoms with Gasteiger partial charge in [0.25, 0.3) is 0 Å². The minimum absolute atomic E-state index is 0.0293. The molecule has 1 saturated carbocycles. The first kappa shape index (κ1) is 24.8. The quantitative estimate of drug-likeness (QED) is 0.549. The van der Waals surface area contributed by atoms with Crippen molar-refractivity contribution in [3.8, 4) is 0 Å². The Labute approximate surface area is 191 Å². The van der Waals surface area contributed by atoms with E-state index in [2.05, 4.69) is 10.6 Å². The van der Waals surface area contributed by atoms with Gasteiger partial charge in [0, 0.05) is 13.2 Å². The molecule has 2 saturated heterocycles. The molecule has 0 aromatic heterocycles. The normalized spacial score (nSPS) is 25.9. The molecule has 9 nitrogen and oxygen atoms in total. The molecule has 3 aliphatic rings. The van der Waals surface area contributed by atoms with E-state index in [0.717, 1.165) is 44.9 Å². The molecule has 2 heterocycles. The molecule has 0 bridgehead atoms. The fourth-order valence-corrected chi connectivity index (χ4v) is 4.95. The van der Waals surface area contributed by atoms with E-state index in [4.69, 9.17) is 9.39 Å². The molecular weight excluding hydrogens is 413 g/mol. The van der Waals surface area contributed by atoms with Gasteiger partial charge in [0.2, 0.25) is 11.8 Å². The van der Waals surface area contributed by atoms with Crippen molar-refractivity contribution >= 4 is 25.0 Å². The van der Waals surface area contributed by atoms with Gasteiger partial charge < -0.3 is 29.9 Å². The summed E-state index contributed by atoms with van der Waals surface area (Å²) in [5.74, 6) is -0.935. The van der Waals surface area contributed by atoms with E-state index >= 15 is 0 Å². The third kappa shape index (κ3) is 6.60. The summed E-state index contributed by atoms with van der Waals surface area (Å²) >= 11 is 0. The molecule has 2 aliphatic heterocycles. The number of amides is 3. The summed E-state index contributed by atoms with van der Waals surface area (Å²) in [5.41, 5.74) is -0.663. The zero-order valence-electron chi connectivity index (χ0n) is 19.6. The Morgan fingerprint density at radius 3 is 2.44 bits per heavy atom. The molecule has 1 aliphatic carbocycles. The molecule has 3 fully saturated rings. The van der Waals surface area contributed by atoms with E-state index in [1.165, 1.54) is 0 Å². The molecule has 0 aromatic carbocycles. The lowest BCUT2D eigenvalue weighted by Crippen LogP contribution is -2.59. The third-order valence-corrected chi connectivity index (χ3v) is 6.52. The maximum Gasteiger partial charge on any atom is 0.478 e. The SMILES string of the molecule is CC(C)(C)OC(=O)N[C@H](C(=O)N1CCC[C@H]1C(=O)NC1CCCOB1O)C1CCCCC1. The highest BCUT2D eigenvalue weighted by molar-refractivity contribution is 6.45. The minimum Gasteiger partial charge on any atom is -0.444 e. The van der Waals surface area contributed by atoms with Gasteiger partial charge in [0.1, 0.15) is 17.7 Å². The van der Waals surface area contributed by atoms with Crippen molar-refractivity contribution in [3.05, 3.63) is 0 Å². The van der Waals surface area contributed by atoms with Crippen molar-refractivity contribution in [1.82, 2.24) is 15.5 Å². The number of likely N-dealkylation sites (tertiary alicyclic amines) is 1. The Morgan fingerprint density at radius 1 is 1.06 bits per heavy atom. The summed E-state index contributed by atoms with van der Waals surface area (Å²) in [7, 11) is -1.03. The molecule has 3 amide bonds.